The number of nitrogens with two attached hydrogens (primary N) is 1. The molecule has 15 heavy (non-hydrogen) atoms. The minimum atomic E-state index is -0.253. The van der Waals surface area contributed by atoms with Gasteiger partial charge in [0.15, 0.2) is 0 Å². The highest BCUT2D eigenvalue weighted by molar-refractivity contribution is 7.12. The summed E-state index contributed by atoms with van der Waals surface area (Å²) in [4.78, 5) is 13.4. The average molecular weight is 226 g/mol. The van der Waals surface area contributed by atoms with E-state index in [-0.39, 0.29) is 17.9 Å². The molecule has 2 unspecified atom stereocenters. The van der Waals surface area contributed by atoms with Gasteiger partial charge in [0.2, 0.25) is 5.91 Å². The number of primary amides is 1. The number of hydrogen-bond acceptors (Lipinski definition) is 3. The summed E-state index contributed by atoms with van der Waals surface area (Å²) >= 11 is 1.78. The van der Waals surface area contributed by atoms with Crippen molar-refractivity contribution >= 4 is 17.2 Å². The third-order valence-electron chi connectivity index (χ3n) is 2.40. The molecule has 3 N–H and O–H groups in total. The first kappa shape index (κ1) is 12.2. The van der Waals surface area contributed by atoms with Gasteiger partial charge in [0.25, 0.3) is 0 Å². The number of rotatable bonds is 5. The van der Waals surface area contributed by atoms with Crippen molar-refractivity contribution < 1.29 is 4.79 Å². The molecular formula is C11H18N2OS. The normalized spacial score (nSPS) is 14.9. The molecule has 1 aromatic heterocycles. The highest BCUT2D eigenvalue weighted by Gasteiger charge is 2.12. The standard InChI is InChI=1S/C11H18N2OS/c1-7(11(12)14)6-13-9(3)10-5-4-8(2)15-10/h4-5,7,9,13H,6H2,1-3H3,(H2,12,14). The van der Waals surface area contributed by atoms with E-state index < -0.39 is 0 Å². The van der Waals surface area contributed by atoms with E-state index in [1.807, 2.05) is 6.92 Å². The summed E-state index contributed by atoms with van der Waals surface area (Å²) in [6.07, 6.45) is 0. The Morgan fingerprint density at radius 3 is 2.67 bits per heavy atom. The fourth-order valence-corrected chi connectivity index (χ4v) is 2.14. The predicted molar refractivity (Wildman–Crippen MR) is 63.8 cm³/mol. The zero-order valence-corrected chi connectivity index (χ0v) is 10.2. The van der Waals surface area contributed by atoms with Gasteiger partial charge >= 0.3 is 0 Å². The molecule has 0 aliphatic heterocycles. The molecule has 84 valence electrons. The highest BCUT2D eigenvalue weighted by Crippen LogP contribution is 2.22. The maximum Gasteiger partial charge on any atom is 0.221 e. The van der Waals surface area contributed by atoms with Gasteiger partial charge < -0.3 is 11.1 Å². The van der Waals surface area contributed by atoms with Crippen LogP contribution in [0.4, 0.5) is 0 Å². The molecule has 0 bridgehead atoms. The first-order valence-electron chi connectivity index (χ1n) is 5.09. The van der Waals surface area contributed by atoms with Gasteiger partial charge in [0.1, 0.15) is 0 Å². The Hall–Kier alpha value is -0.870. The zero-order valence-electron chi connectivity index (χ0n) is 9.41. The summed E-state index contributed by atoms with van der Waals surface area (Å²) in [6, 6.07) is 4.51. The molecule has 0 spiro atoms. The SMILES string of the molecule is Cc1ccc(C(C)NCC(C)C(N)=O)s1. The average Bonchev–Trinajstić information content (AvgIpc) is 2.60. The summed E-state index contributed by atoms with van der Waals surface area (Å²) < 4.78 is 0. The lowest BCUT2D eigenvalue weighted by atomic mass is 10.1. The summed E-state index contributed by atoms with van der Waals surface area (Å²) in [5.41, 5.74) is 5.19. The molecule has 1 amide bonds. The van der Waals surface area contributed by atoms with Crippen LogP contribution in [-0.2, 0) is 4.79 Å². The van der Waals surface area contributed by atoms with Gasteiger partial charge in [-0.25, -0.2) is 0 Å². The second kappa shape index (κ2) is 5.28. The minimum absolute atomic E-state index is 0.117. The zero-order chi connectivity index (χ0) is 11.4. The van der Waals surface area contributed by atoms with E-state index in [2.05, 4.69) is 31.3 Å². The number of carbonyl (C=O) groups excluding carboxylic acids is 1. The Labute approximate surface area is 94.7 Å². The summed E-state index contributed by atoms with van der Waals surface area (Å²) in [6.45, 7) is 6.65. The lowest BCUT2D eigenvalue weighted by Gasteiger charge is -2.14. The van der Waals surface area contributed by atoms with Crippen LogP contribution in [0, 0.1) is 12.8 Å². The van der Waals surface area contributed by atoms with E-state index in [0.717, 1.165) is 0 Å². The van der Waals surface area contributed by atoms with Crippen LogP contribution >= 0.6 is 11.3 Å². The van der Waals surface area contributed by atoms with Crippen molar-refractivity contribution in [1.29, 1.82) is 0 Å². The van der Waals surface area contributed by atoms with Crippen LogP contribution in [0.15, 0.2) is 12.1 Å². The lowest BCUT2D eigenvalue weighted by molar-refractivity contribution is -0.121. The molecule has 0 aromatic carbocycles. The molecule has 1 heterocycles. The molecule has 0 fully saturated rings. The Morgan fingerprint density at radius 2 is 2.20 bits per heavy atom. The number of hydrogen-bond donors (Lipinski definition) is 2. The van der Waals surface area contributed by atoms with Gasteiger partial charge in [-0.15, -0.1) is 11.3 Å². The third-order valence-corrected chi connectivity index (χ3v) is 3.59. The second-order valence-electron chi connectivity index (χ2n) is 3.88. The fourth-order valence-electron chi connectivity index (χ4n) is 1.24. The van der Waals surface area contributed by atoms with E-state index in [4.69, 9.17) is 5.73 Å². The van der Waals surface area contributed by atoms with Crippen LogP contribution in [0.5, 0.6) is 0 Å². The Kier molecular flexibility index (Phi) is 4.29. The Bertz CT molecular complexity index is 335. The quantitative estimate of drug-likeness (QED) is 0.804. The van der Waals surface area contributed by atoms with Crippen LogP contribution in [0.1, 0.15) is 29.6 Å². The second-order valence-corrected chi connectivity index (χ2v) is 5.20. The lowest BCUT2D eigenvalue weighted by Crippen LogP contribution is -2.32. The van der Waals surface area contributed by atoms with Gasteiger partial charge in [-0.2, -0.15) is 0 Å². The fraction of sp³-hybridized carbons (Fsp3) is 0.545. The third kappa shape index (κ3) is 3.64. The molecule has 0 saturated heterocycles. The molecule has 1 aromatic rings. The largest absolute Gasteiger partial charge is 0.369 e. The van der Waals surface area contributed by atoms with Crippen molar-refractivity contribution in [1.82, 2.24) is 5.32 Å². The molecule has 0 radical (unpaired) electrons. The van der Waals surface area contributed by atoms with Crippen LogP contribution in [0.25, 0.3) is 0 Å². The van der Waals surface area contributed by atoms with Crippen LogP contribution in [0.3, 0.4) is 0 Å². The topological polar surface area (TPSA) is 55.1 Å². The molecule has 2 atom stereocenters. The van der Waals surface area contributed by atoms with Crippen LogP contribution in [0.2, 0.25) is 0 Å². The van der Waals surface area contributed by atoms with E-state index in [1.54, 1.807) is 11.3 Å². The van der Waals surface area contributed by atoms with Crippen molar-refractivity contribution in [3.05, 3.63) is 21.9 Å². The molecule has 0 aliphatic rings. The molecule has 4 heteroatoms. The number of carbonyl (C=O) groups is 1. The highest BCUT2D eigenvalue weighted by atomic mass is 32.1. The number of aryl methyl sites for hydroxylation is 1. The summed E-state index contributed by atoms with van der Waals surface area (Å²) in [5.74, 6) is -0.370. The van der Waals surface area contributed by atoms with Crippen molar-refractivity contribution in [3.8, 4) is 0 Å². The van der Waals surface area contributed by atoms with Crippen LogP contribution < -0.4 is 11.1 Å². The number of nitrogens with one attached hydrogen (secondary N) is 1. The molecule has 1 rings (SSSR count). The number of thiophene rings is 1. The minimum Gasteiger partial charge on any atom is -0.369 e. The molecule has 0 aliphatic carbocycles. The van der Waals surface area contributed by atoms with Crippen molar-refractivity contribution in [2.24, 2.45) is 11.7 Å². The van der Waals surface area contributed by atoms with E-state index in [0.29, 0.717) is 6.54 Å². The van der Waals surface area contributed by atoms with Gasteiger partial charge in [-0.1, -0.05) is 6.92 Å². The predicted octanol–water partition coefficient (Wildman–Crippen LogP) is 1.83. The Morgan fingerprint density at radius 1 is 1.53 bits per heavy atom. The van der Waals surface area contributed by atoms with Gasteiger partial charge in [-0.05, 0) is 26.0 Å². The van der Waals surface area contributed by atoms with E-state index in [1.165, 1.54) is 9.75 Å². The van der Waals surface area contributed by atoms with E-state index >= 15 is 0 Å². The van der Waals surface area contributed by atoms with Crippen molar-refractivity contribution in [2.45, 2.75) is 26.8 Å². The van der Waals surface area contributed by atoms with Gasteiger partial charge in [0.05, 0.1) is 0 Å². The summed E-state index contributed by atoms with van der Waals surface area (Å²) in [5, 5.41) is 3.30. The van der Waals surface area contributed by atoms with E-state index in [9.17, 15) is 4.79 Å². The number of amides is 1. The van der Waals surface area contributed by atoms with Crippen molar-refractivity contribution in [2.75, 3.05) is 6.54 Å². The maximum atomic E-state index is 10.8. The maximum absolute atomic E-state index is 10.8. The molecular weight excluding hydrogens is 208 g/mol. The smallest absolute Gasteiger partial charge is 0.221 e. The first-order chi connectivity index (χ1) is 7.00. The van der Waals surface area contributed by atoms with Gasteiger partial charge in [0, 0.05) is 28.3 Å². The molecule has 3 nitrogen and oxygen atoms in total. The Balaban J connectivity index is 2.43. The summed E-state index contributed by atoms with van der Waals surface area (Å²) in [7, 11) is 0. The monoisotopic (exact) mass is 226 g/mol. The van der Waals surface area contributed by atoms with Crippen LogP contribution in [-0.4, -0.2) is 12.5 Å². The first-order valence-corrected chi connectivity index (χ1v) is 5.91. The molecule has 0 saturated carbocycles. The van der Waals surface area contributed by atoms with Crippen molar-refractivity contribution in [3.63, 3.8) is 0 Å². The van der Waals surface area contributed by atoms with Gasteiger partial charge in [-0.3, -0.25) is 4.79 Å².